The molecule has 0 atom stereocenters. The largest absolute Gasteiger partial charge is 0.475 e. The zero-order valence-corrected chi connectivity index (χ0v) is 18.5. The van der Waals surface area contributed by atoms with E-state index < -0.39 is 18.4 Å². The predicted molar refractivity (Wildman–Crippen MR) is 114 cm³/mol. The van der Waals surface area contributed by atoms with Gasteiger partial charge in [0.05, 0.1) is 11.4 Å². The van der Waals surface area contributed by atoms with Crippen molar-refractivity contribution in [2.45, 2.75) is 46.5 Å². The smallest absolute Gasteiger partial charge is 0.408 e. The molecule has 0 aliphatic rings. The highest BCUT2D eigenvalue weighted by molar-refractivity contribution is 5.97. The van der Waals surface area contributed by atoms with Gasteiger partial charge in [0.25, 0.3) is 0 Å². The summed E-state index contributed by atoms with van der Waals surface area (Å²) in [7, 11) is 1.51. The van der Waals surface area contributed by atoms with Crippen molar-refractivity contribution in [3.05, 3.63) is 57.8 Å². The normalized spacial score (nSPS) is 12.9. The lowest BCUT2D eigenvalue weighted by Gasteiger charge is -2.13. The molecule has 176 valence electrons. The lowest BCUT2D eigenvalue weighted by atomic mass is 10.1. The molecule has 2 aromatic heterocycles. The van der Waals surface area contributed by atoms with Gasteiger partial charge in [-0.3, -0.25) is 4.68 Å². The van der Waals surface area contributed by atoms with Crippen LogP contribution in [0.15, 0.2) is 45.5 Å². The van der Waals surface area contributed by atoms with Crippen LogP contribution >= 0.6 is 0 Å². The Morgan fingerprint density at radius 2 is 1.94 bits per heavy atom. The summed E-state index contributed by atoms with van der Waals surface area (Å²) in [5.41, 5.74) is 2.38. The number of hydrogen-bond donors (Lipinski definition) is 0. The van der Waals surface area contributed by atoms with Crippen molar-refractivity contribution in [3.63, 3.8) is 0 Å². The van der Waals surface area contributed by atoms with Gasteiger partial charge in [0.2, 0.25) is 5.90 Å². The molecule has 0 saturated carbocycles. The van der Waals surface area contributed by atoms with Crippen LogP contribution in [-0.4, -0.2) is 47.4 Å². The van der Waals surface area contributed by atoms with E-state index in [4.69, 9.17) is 4.74 Å². The minimum Gasteiger partial charge on any atom is -0.475 e. The van der Waals surface area contributed by atoms with Crippen molar-refractivity contribution < 1.29 is 17.9 Å². The maximum absolute atomic E-state index is 12.5. The Morgan fingerprint density at radius 3 is 2.58 bits per heavy atom. The zero-order valence-electron chi connectivity index (χ0n) is 18.5. The fourth-order valence-electron chi connectivity index (χ4n) is 2.90. The summed E-state index contributed by atoms with van der Waals surface area (Å²) in [6.07, 6.45) is -2.71. The average molecular weight is 464 g/mol. The van der Waals surface area contributed by atoms with E-state index in [1.165, 1.54) is 24.0 Å². The monoisotopic (exact) mass is 464 g/mol. The molecule has 13 heteroatoms. The van der Waals surface area contributed by atoms with Crippen molar-refractivity contribution in [1.29, 1.82) is 0 Å². The Hall–Kier alpha value is -3.77. The van der Waals surface area contributed by atoms with Gasteiger partial charge in [0.1, 0.15) is 18.8 Å². The molecule has 0 fully saturated rings. The van der Waals surface area contributed by atoms with Crippen LogP contribution in [0.4, 0.5) is 13.2 Å². The van der Waals surface area contributed by atoms with Crippen LogP contribution in [0.1, 0.15) is 37.1 Å². The minimum absolute atomic E-state index is 0.104. The summed E-state index contributed by atoms with van der Waals surface area (Å²) in [5, 5.41) is 19.6. The van der Waals surface area contributed by atoms with Crippen molar-refractivity contribution in [3.8, 4) is 5.69 Å². The number of aromatic nitrogens is 6. The van der Waals surface area contributed by atoms with Gasteiger partial charge < -0.3 is 4.74 Å². The maximum atomic E-state index is 12.5. The highest BCUT2D eigenvalue weighted by atomic mass is 19.4. The maximum Gasteiger partial charge on any atom is 0.408 e. The van der Waals surface area contributed by atoms with Crippen molar-refractivity contribution in [2.24, 2.45) is 17.3 Å². The molecular formula is C20H23F3N8O2. The van der Waals surface area contributed by atoms with Gasteiger partial charge in [0, 0.05) is 25.2 Å². The lowest BCUT2D eigenvalue weighted by Crippen LogP contribution is -2.23. The van der Waals surface area contributed by atoms with Crippen molar-refractivity contribution in [2.75, 3.05) is 0 Å². The molecule has 0 N–H and O–H groups in total. The Kier molecular flexibility index (Phi) is 7.09. The fourth-order valence-corrected chi connectivity index (χ4v) is 2.90. The summed E-state index contributed by atoms with van der Waals surface area (Å²) in [5.74, 6) is 0.310. The van der Waals surface area contributed by atoms with Crippen LogP contribution in [0.3, 0.4) is 0 Å². The first-order valence-electron chi connectivity index (χ1n) is 10.0. The molecule has 0 radical (unpaired) electrons. The summed E-state index contributed by atoms with van der Waals surface area (Å²) in [6.45, 7) is 4.23. The van der Waals surface area contributed by atoms with E-state index >= 15 is 0 Å². The van der Waals surface area contributed by atoms with Gasteiger partial charge in [0.15, 0.2) is 0 Å². The third-order valence-corrected chi connectivity index (χ3v) is 4.69. The molecule has 0 aliphatic heterocycles. The van der Waals surface area contributed by atoms with Crippen molar-refractivity contribution in [1.82, 2.24) is 29.6 Å². The minimum atomic E-state index is -4.36. The SMILES string of the molecule is CCC(=NN=C(C)c1ccn(CC(F)(F)F)n1)OCc1c(C)cccc1-n1nnn(C)c1=O. The standard InChI is InChI=1S/C20H23F3N8O2/c1-5-18(25-24-14(3)16-9-10-30(26-16)12-20(21,22)23)33-11-15-13(2)7-6-8-17(15)31-19(32)29(4)27-28-31/h6-10H,5,11-12H2,1-4H3. The topological polar surface area (TPSA) is 104 Å². The molecular weight excluding hydrogens is 441 g/mol. The predicted octanol–water partition coefficient (Wildman–Crippen LogP) is 2.78. The first kappa shape index (κ1) is 23.9. The first-order chi connectivity index (χ1) is 15.6. The molecule has 1 aromatic carbocycles. The number of aryl methyl sites for hydroxylation is 2. The number of ether oxygens (including phenoxy) is 1. The van der Waals surface area contributed by atoms with Crippen LogP contribution < -0.4 is 5.69 Å². The highest BCUT2D eigenvalue weighted by Gasteiger charge is 2.28. The molecule has 2 heterocycles. The second kappa shape index (κ2) is 9.79. The average Bonchev–Trinajstić information content (AvgIpc) is 3.34. The Bertz CT molecular complexity index is 1240. The number of halogens is 3. The van der Waals surface area contributed by atoms with Crippen LogP contribution in [0.25, 0.3) is 5.69 Å². The number of alkyl halides is 3. The molecule has 3 aromatic rings. The molecule has 33 heavy (non-hydrogen) atoms. The van der Waals surface area contributed by atoms with Gasteiger partial charge in [-0.15, -0.1) is 5.10 Å². The summed E-state index contributed by atoms with van der Waals surface area (Å²) >= 11 is 0. The molecule has 0 spiro atoms. The second-order valence-electron chi connectivity index (χ2n) is 7.20. The van der Waals surface area contributed by atoms with E-state index in [1.807, 2.05) is 19.9 Å². The van der Waals surface area contributed by atoms with E-state index in [1.54, 1.807) is 19.1 Å². The molecule has 0 saturated heterocycles. The van der Waals surface area contributed by atoms with Gasteiger partial charge >= 0.3 is 11.9 Å². The van der Waals surface area contributed by atoms with Crippen LogP contribution in [0.5, 0.6) is 0 Å². The van der Waals surface area contributed by atoms with Gasteiger partial charge in [-0.1, -0.05) is 19.1 Å². The molecule has 0 bridgehead atoms. The van der Waals surface area contributed by atoms with Crippen LogP contribution in [0, 0.1) is 6.92 Å². The van der Waals surface area contributed by atoms with Crippen LogP contribution in [-0.2, 0) is 24.9 Å². The number of benzene rings is 1. The number of tetrazole rings is 1. The van der Waals surface area contributed by atoms with Crippen LogP contribution in [0.2, 0.25) is 0 Å². The Morgan fingerprint density at radius 1 is 1.18 bits per heavy atom. The third-order valence-electron chi connectivity index (χ3n) is 4.69. The Labute approximate surface area is 187 Å². The van der Waals surface area contributed by atoms with E-state index in [0.29, 0.717) is 23.7 Å². The lowest BCUT2D eigenvalue weighted by molar-refractivity contribution is -0.142. The van der Waals surface area contributed by atoms with E-state index in [-0.39, 0.29) is 12.3 Å². The number of rotatable bonds is 7. The third kappa shape index (κ3) is 5.93. The molecule has 0 unspecified atom stereocenters. The Balaban J connectivity index is 1.77. The number of nitrogens with zero attached hydrogens (tertiary/aromatic N) is 8. The van der Waals surface area contributed by atoms with Gasteiger partial charge in [-0.05, 0) is 42.0 Å². The van der Waals surface area contributed by atoms with E-state index in [9.17, 15) is 18.0 Å². The highest BCUT2D eigenvalue weighted by Crippen LogP contribution is 2.19. The zero-order chi connectivity index (χ0) is 24.2. The molecule has 0 aliphatic carbocycles. The molecule has 3 rings (SSSR count). The fraction of sp³-hybridized carbons (Fsp3) is 0.400. The van der Waals surface area contributed by atoms with E-state index in [0.717, 1.165) is 20.5 Å². The first-order valence-corrected chi connectivity index (χ1v) is 10.0. The van der Waals surface area contributed by atoms with Gasteiger partial charge in [-0.2, -0.15) is 32.7 Å². The molecule has 0 amide bonds. The van der Waals surface area contributed by atoms with Crippen molar-refractivity contribution >= 4 is 11.6 Å². The summed E-state index contributed by atoms with van der Waals surface area (Å²) < 4.78 is 46.5. The van der Waals surface area contributed by atoms with Gasteiger partial charge in [-0.25, -0.2) is 4.79 Å². The second-order valence-corrected chi connectivity index (χ2v) is 7.20. The summed E-state index contributed by atoms with van der Waals surface area (Å²) in [4.78, 5) is 12.3. The number of hydrogen-bond acceptors (Lipinski definition) is 7. The quantitative estimate of drug-likeness (QED) is 0.304. The summed E-state index contributed by atoms with van der Waals surface area (Å²) in [6, 6.07) is 6.86. The molecule has 10 nitrogen and oxygen atoms in total. The van der Waals surface area contributed by atoms with E-state index in [2.05, 4.69) is 25.7 Å².